The van der Waals surface area contributed by atoms with Crippen LogP contribution in [0.4, 0.5) is 0 Å². The van der Waals surface area contributed by atoms with Gasteiger partial charge < -0.3 is 20.0 Å². The van der Waals surface area contributed by atoms with Gasteiger partial charge in [-0.25, -0.2) is 0 Å². The molecule has 33 heavy (non-hydrogen) atoms. The van der Waals surface area contributed by atoms with Gasteiger partial charge in [0, 0.05) is 17.3 Å². The predicted octanol–water partition coefficient (Wildman–Crippen LogP) is 2.71. The van der Waals surface area contributed by atoms with Gasteiger partial charge in [0.25, 0.3) is 0 Å². The summed E-state index contributed by atoms with van der Waals surface area (Å²) in [6.45, 7) is 9.50. The molecule has 2 N–H and O–H groups in total. The van der Waals surface area contributed by atoms with Crippen molar-refractivity contribution in [1.82, 2.24) is 9.80 Å². The zero-order valence-corrected chi connectivity index (χ0v) is 20.1. The smallest absolute Gasteiger partial charge is 0.308 e. The van der Waals surface area contributed by atoms with Crippen molar-refractivity contribution in [2.75, 3.05) is 13.2 Å². The third kappa shape index (κ3) is 3.41. The zero-order chi connectivity index (χ0) is 24.1. The second-order valence-electron chi connectivity index (χ2n) is 9.79. The van der Waals surface area contributed by atoms with Crippen LogP contribution in [0.1, 0.15) is 45.2 Å². The second-order valence-corrected chi connectivity index (χ2v) is 11.7. The van der Waals surface area contributed by atoms with Crippen molar-refractivity contribution in [3.05, 3.63) is 48.6 Å². The number of carbonyl (C=O) groups is 3. The van der Waals surface area contributed by atoms with Gasteiger partial charge in [-0.1, -0.05) is 36.4 Å². The van der Waals surface area contributed by atoms with Crippen LogP contribution < -0.4 is 0 Å². The molecule has 2 amide bonds. The Morgan fingerprint density at radius 2 is 1.97 bits per heavy atom. The molecule has 3 aliphatic heterocycles. The highest BCUT2D eigenvalue weighted by Gasteiger charge is 2.78. The van der Waals surface area contributed by atoms with Crippen LogP contribution in [0.2, 0.25) is 0 Å². The Bertz CT molecular complexity index is 969. The van der Waals surface area contributed by atoms with Crippen LogP contribution in [0, 0.1) is 11.8 Å². The van der Waals surface area contributed by atoms with Crippen LogP contribution in [0.15, 0.2) is 43.0 Å². The molecular weight excluding hydrogens is 440 g/mol. The number of aliphatic hydroxyl groups is 1. The predicted molar refractivity (Wildman–Crippen MR) is 127 cm³/mol. The molecule has 2 unspecified atom stereocenters. The van der Waals surface area contributed by atoms with Gasteiger partial charge in [0.2, 0.25) is 11.8 Å². The molecule has 0 aromatic heterocycles. The van der Waals surface area contributed by atoms with Gasteiger partial charge in [0.1, 0.15) is 6.04 Å². The average molecular weight is 473 g/mol. The molecule has 8 heteroatoms. The van der Waals surface area contributed by atoms with Crippen molar-refractivity contribution in [1.29, 1.82) is 0 Å². The number of hydrogen-bond donors (Lipinski definition) is 2. The summed E-state index contributed by atoms with van der Waals surface area (Å²) < 4.78 is -1.43. The average Bonchev–Trinajstić information content (AvgIpc) is 3.34. The van der Waals surface area contributed by atoms with E-state index in [1.165, 1.54) is 16.7 Å². The summed E-state index contributed by atoms with van der Waals surface area (Å²) in [7, 11) is 0. The third-order valence-electron chi connectivity index (χ3n) is 7.64. The Hall–Kier alpha value is -2.32. The SMILES string of the molecule is C=CCN(C(=O)C1N([C@H](CO)c2ccccc2)C(=O)[C@@H]2[C@H](C(=O)O)[C@]3(C)CCC12S3)C(C)C. The summed E-state index contributed by atoms with van der Waals surface area (Å²) in [5, 5.41) is 20.5. The molecule has 3 fully saturated rings. The summed E-state index contributed by atoms with van der Waals surface area (Å²) in [6.07, 6.45) is 2.89. The minimum atomic E-state index is -0.995. The van der Waals surface area contributed by atoms with E-state index >= 15 is 0 Å². The minimum absolute atomic E-state index is 0.123. The lowest BCUT2D eigenvalue weighted by molar-refractivity contribution is -0.151. The van der Waals surface area contributed by atoms with Crippen molar-refractivity contribution in [2.45, 2.75) is 61.2 Å². The first kappa shape index (κ1) is 23.8. The number of likely N-dealkylation sites (tertiary alicyclic amines) is 1. The summed E-state index contributed by atoms with van der Waals surface area (Å²) in [5.41, 5.74) is 0.722. The van der Waals surface area contributed by atoms with E-state index in [-0.39, 0.29) is 24.5 Å². The Morgan fingerprint density at radius 3 is 2.52 bits per heavy atom. The van der Waals surface area contributed by atoms with E-state index in [9.17, 15) is 24.6 Å². The first-order valence-electron chi connectivity index (χ1n) is 11.4. The summed E-state index contributed by atoms with van der Waals surface area (Å²) in [4.78, 5) is 43.7. The molecule has 1 spiro atoms. The first-order chi connectivity index (χ1) is 15.6. The molecule has 1 aromatic carbocycles. The van der Waals surface area contributed by atoms with Crippen LogP contribution in [0.5, 0.6) is 0 Å². The van der Waals surface area contributed by atoms with Crippen LogP contribution >= 0.6 is 11.8 Å². The van der Waals surface area contributed by atoms with E-state index in [0.29, 0.717) is 19.4 Å². The number of amides is 2. The number of carbonyl (C=O) groups excluding carboxylic acids is 2. The van der Waals surface area contributed by atoms with Gasteiger partial charge in [-0.2, -0.15) is 0 Å². The topological polar surface area (TPSA) is 98.2 Å². The fraction of sp³-hybridized carbons (Fsp3) is 0.560. The number of benzene rings is 1. The summed E-state index contributed by atoms with van der Waals surface area (Å²) in [6, 6.07) is 7.45. The van der Waals surface area contributed by atoms with Gasteiger partial charge in [0.15, 0.2) is 0 Å². The largest absolute Gasteiger partial charge is 0.481 e. The Balaban J connectivity index is 1.88. The van der Waals surface area contributed by atoms with E-state index < -0.39 is 39.4 Å². The van der Waals surface area contributed by atoms with Crippen molar-refractivity contribution in [3.8, 4) is 0 Å². The molecule has 2 bridgehead atoms. The number of rotatable bonds is 8. The highest BCUT2D eigenvalue weighted by molar-refractivity contribution is 8.02. The first-order valence-corrected chi connectivity index (χ1v) is 12.3. The van der Waals surface area contributed by atoms with Gasteiger partial charge >= 0.3 is 5.97 Å². The number of hydrogen-bond acceptors (Lipinski definition) is 5. The van der Waals surface area contributed by atoms with Gasteiger partial charge in [0.05, 0.1) is 29.2 Å². The molecule has 0 aliphatic carbocycles. The second kappa shape index (κ2) is 8.47. The van der Waals surface area contributed by atoms with Gasteiger partial charge in [-0.15, -0.1) is 18.3 Å². The van der Waals surface area contributed by atoms with Crippen LogP contribution in [-0.2, 0) is 14.4 Å². The molecule has 3 saturated heterocycles. The number of thioether (sulfide) groups is 1. The molecular formula is C25H32N2O5S. The Labute approximate surface area is 198 Å². The zero-order valence-electron chi connectivity index (χ0n) is 19.3. The maximum Gasteiger partial charge on any atom is 0.308 e. The highest BCUT2D eigenvalue weighted by Crippen LogP contribution is 2.72. The van der Waals surface area contributed by atoms with E-state index in [1.807, 2.05) is 51.1 Å². The van der Waals surface area contributed by atoms with Gasteiger partial charge in [-0.3, -0.25) is 14.4 Å². The fourth-order valence-electron chi connectivity index (χ4n) is 6.24. The number of carboxylic acid groups (broad SMARTS) is 1. The molecule has 0 radical (unpaired) electrons. The molecule has 3 aliphatic rings. The van der Waals surface area contributed by atoms with Gasteiger partial charge in [-0.05, 0) is 39.2 Å². The quantitative estimate of drug-likeness (QED) is 0.565. The molecule has 7 nitrogen and oxygen atoms in total. The number of nitrogens with zero attached hydrogens (tertiary/aromatic N) is 2. The highest BCUT2D eigenvalue weighted by atomic mass is 32.2. The van der Waals surface area contributed by atoms with Crippen molar-refractivity contribution in [2.24, 2.45) is 11.8 Å². The lowest BCUT2D eigenvalue weighted by Gasteiger charge is -2.40. The summed E-state index contributed by atoms with van der Waals surface area (Å²) >= 11 is 1.50. The van der Waals surface area contributed by atoms with Crippen molar-refractivity contribution in [3.63, 3.8) is 0 Å². The van der Waals surface area contributed by atoms with Crippen LogP contribution in [-0.4, -0.2) is 72.5 Å². The molecule has 178 valence electrons. The van der Waals surface area contributed by atoms with E-state index in [1.54, 1.807) is 11.0 Å². The lowest BCUT2D eigenvalue weighted by Crippen LogP contribution is -2.56. The number of aliphatic hydroxyl groups excluding tert-OH is 1. The maximum atomic E-state index is 14.1. The fourth-order valence-corrected chi connectivity index (χ4v) is 8.57. The lowest BCUT2D eigenvalue weighted by atomic mass is 9.66. The van der Waals surface area contributed by atoms with Crippen LogP contribution in [0.3, 0.4) is 0 Å². The number of aliphatic carboxylic acids is 1. The number of carboxylic acids is 1. The minimum Gasteiger partial charge on any atom is -0.481 e. The van der Waals surface area contributed by atoms with E-state index in [2.05, 4.69) is 6.58 Å². The van der Waals surface area contributed by atoms with Crippen molar-refractivity contribution >= 4 is 29.5 Å². The third-order valence-corrected chi connectivity index (χ3v) is 9.63. The molecule has 4 rings (SSSR count). The van der Waals surface area contributed by atoms with Crippen molar-refractivity contribution < 1.29 is 24.6 Å². The number of fused-ring (bicyclic) bond motifs is 1. The molecule has 6 atom stereocenters. The van der Waals surface area contributed by atoms with Crippen LogP contribution in [0.25, 0.3) is 0 Å². The van der Waals surface area contributed by atoms with E-state index in [0.717, 1.165) is 5.56 Å². The molecule has 0 saturated carbocycles. The monoisotopic (exact) mass is 472 g/mol. The van der Waals surface area contributed by atoms with E-state index in [4.69, 9.17) is 0 Å². The molecule has 1 aromatic rings. The normalized spacial score (nSPS) is 33.3. The standard InChI is InChI=1S/C25H32N2O5S/c1-5-13-26(15(2)3)22(30)20-25-12-11-24(4,33-25)19(23(31)32)18(25)21(29)27(20)17(14-28)16-9-7-6-8-10-16/h5-10,15,17-20,28H,1,11-14H2,2-4H3,(H,31,32)/t17-,18+,19-,20?,24+,25?/m1/s1. The Kier molecular flexibility index (Phi) is 6.12. The maximum absolute atomic E-state index is 14.1. The Morgan fingerprint density at radius 1 is 1.30 bits per heavy atom. The molecule has 3 heterocycles. The summed E-state index contributed by atoms with van der Waals surface area (Å²) in [5.74, 6) is -3.22.